The third-order valence-corrected chi connectivity index (χ3v) is 5.68. The monoisotopic (exact) mass is 354 g/mol. The highest BCUT2D eigenvalue weighted by Gasteiger charge is 2.48. The third-order valence-electron chi connectivity index (χ3n) is 5.68. The van der Waals surface area contributed by atoms with E-state index >= 15 is 0 Å². The summed E-state index contributed by atoms with van der Waals surface area (Å²) in [6.07, 6.45) is 1.08. The van der Waals surface area contributed by atoms with Gasteiger partial charge >= 0.3 is 0 Å². The van der Waals surface area contributed by atoms with Crippen LogP contribution in [0.3, 0.4) is 0 Å². The Kier molecular flexibility index (Phi) is 3.98. The Hall–Kier alpha value is -2.24. The van der Waals surface area contributed by atoms with Gasteiger partial charge in [-0.15, -0.1) is 0 Å². The SMILES string of the molecule is COc1ccc([C@H]2O[C@@H](Cc3ccc4c(c3)OCO4)[C@H]3COC[C@H]32)cc1. The van der Waals surface area contributed by atoms with Crippen LogP contribution >= 0.6 is 0 Å². The van der Waals surface area contributed by atoms with Gasteiger partial charge in [-0.1, -0.05) is 18.2 Å². The Bertz CT molecular complexity index is 787. The molecule has 26 heavy (non-hydrogen) atoms. The van der Waals surface area contributed by atoms with E-state index in [-0.39, 0.29) is 12.2 Å². The van der Waals surface area contributed by atoms with E-state index in [1.54, 1.807) is 7.11 Å². The molecule has 0 aliphatic carbocycles. The van der Waals surface area contributed by atoms with Crippen molar-refractivity contribution in [3.8, 4) is 17.2 Å². The van der Waals surface area contributed by atoms with Crippen LogP contribution in [0.5, 0.6) is 17.2 Å². The maximum atomic E-state index is 6.52. The summed E-state index contributed by atoms with van der Waals surface area (Å²) >= 11 is 0. The second-order valence-corrected chi connectivity index (χ2v) is 7.13. The summed E-state index contributed by atoms with van der Waals surface area (Å²) in [7, 11) is 1.68. The summed E-state index contributed by atoms with van der Waals surface area (Å²) in [4.78, 5) is 0. The van der Waals surface area contributed by atoms with Gasteiger partial charge in [-0.25, -0.2) is 0 Å². The van der Waals surface area contributed by atoms with Gasteiger partial charge in [0.15, 0.2) is 11.5 Å². The molecule has 0 amide bonds. The molecule has 136 valence electrons. The first-order chi connectivity index (χ1) is 12.8. The van der Waals surface area contributed by atoms with Gasteiger partial charge in [-0.05, 0) is 41.8 Å². The lowest BCUT2D eigenvalue weighted by molar-refractivity contribution is -0.00143. The molecule has 5 nitrogen and oxygen atoms in total. The highest BCUT2D eigenvalue weighted by Crippen LogP contribution is 2.47. The molecular formula is C21H22O5. The summed E-state index contributed by atoms with van der Waals surface area (Å²) in [6, 6.07) is 14.3. The van der Waals surface area contributed by atoms with Gasteiger partial charge in [-0.2, -0.15) is 0 Å². The predicted molar refractivity (Wildman–Crippen MR) is 94.7 cm³/mol. The Morgan fingerprint density at radius 2 is 1.77 bits per heavy atom. The van der Waals surface area contributed by atoms with Crippen LogP contribution in [0.25, 0.3) is 0 Å². The quantitative estimate of drug-likeness (QED) is 0.842. The maximum absolute atomic E-state index is 6.52. The second kappa shape index (κ2) is 6.49. The van der Waals surface area contributed by atoms with Crippen molar-refractivity contribution in [3.63, 3.8) is 0 Å². The highest BCUT2D eigenvalue weighted by molar-refractivity contribution is 5.44. The molecule has 3 aliphatic rings. The number of methoxy groups -OCH3 is 1. The van der Waals surface area contributed by atoms with Crippen LogP contribution in [0.4, 0.5) is 0 Å². The molecule has 0 spiro atoms. The minimum Gasteiger partial charge on any atom is -0.497 e. The highest BCUT2D eigenvalue weighted by atomic mass is 16.7. The maximum Gasteiger partial charge on any atom is 0.231 e. The predicted octanol–water partition coefficient (Wildman–Crippen LogP) is 3.37. The van der Waals surface area contributed by atoms with Crippen molar-refractivity contribution in [2.75, 3.05) is 27.1 Å². The van der Waals surface area contributed by atoms with E-state index < -0.39 is 0 Å². The van der Waals surface area contributed by atoms with Crippen LogP contribution in [0.2, 0.25) is 0 Å². The zero-order valence-electron chi connectivity index (χ0n) is 14.7. The topological polar surface area (TPSA) is 46.2 Å². The number of hydrogen-bond donors (Lipinski definition) is 0. The van der Waals surface area contributed by atoms with Gasteiger partial charge in [0, 0.05) is 11.8 Å². The van der Waals surface area contributed by atoms with Crippen LogP contribution in [0, 0.1) is 11.8 Å². The molecule has 0 N–H and O–H groups in total. The number of ether oxygens (including phenoxy) is 5. The van der Waals surface area contributed by atoms with Gasteiger partial charge in [0.05, 0.1) is 32.5 Å². The van der Waals surface area contributed by atoms with Gasteiger partial charge < -0.3 is 23.7 Å². The van der Waals surface area contributed by atoms with Crippen molar-refractivity contribution < 1.29 is 23.7 Å². The largest absolute Gasteiger partial charge is 0.497 e. The molecule has 3 aliphatic heterocycles. The first kappa shape index (κ1) is 16.0. The second-order valence-electron chi connectivity index (χ2n) is 7.13. The van der Waals surface area contributed by atoms with Gasteiger partial charge in [0.25, 0.3) is 0 Å². The van der Waals surface area contributed by atoms with Crippen molar-refractivity contribution >= 4 is 0 Å². The lowest BCUT2D eigenvalue weighted by Gasteiger charge is -2.18. The van der Waals surface area contributed by atoms with Crippen molar-refractivity contribution in [1.29, 1.82) is 0 Å². The van der Waals surface area contributed by atoms with E-state index in [4.69, 9.17) is 23.7 Å². The van der Waals surface area contributed by atoms with E-state index in [9.17, 15) is 0 Å². The molecule has 0 radical (unpaired) electrons. The Morgan fingerprint density at radius 1 is 0.962 bits per heavy atom. The molecular weight excluding hydrogens is 332 g/mol. The lowest BCUT2D eigenvalue weighted by atomic mass is 9.86. The molecule has 3 heterocycles. The van der Waals surface area contributed by atoms with Gasteiger partial charge in [0.1, 0.15) is 5.75 Å². The zero-order chi connectivity index (χ0) is 17.5. The fourth-order valence-electron chi connectivity index (χ4n) is 4.29. The molecule has 0 aromatic heterocycles. The van der Waals surface area contributed by atoms with E-state index in [1.807, 2.05) is 18.2 Å². The minimum atomic E-state index is 0.0763. The summed E-state index contributed by atoms with van der Waals surface area (Å²) in [5.74, 6) is 3.34. The lowest BCUT2D eigenvalue weighted by Crippen LogP contribution is -2.22. The molecule has 0 saturated carbocycles. The molecule has 4 atom stereocenters. The van der Waals surface area contributed by atoms with Crippen LogP contribution in [-0.4, -0.2) is 33.2 Å². The number of hydrogen-bond acceptors (Lipinski definition) is 5. The Morgan fingerprint density at radius 3 is 2.62 bits per heavy atom. The summed E-state index contributed by atoms with van der Waals surface area (Å²) in [6.45, 7) is 1.84. The normalized spacial score (nSPS) is 29.0. The summed E-state index contributed by atoms with van der Waals surface area (Å²) in [5.41, 5.74) is 2.40. The standard InChI is InChI=1S/C21H22O5/c1-22-15-5-3-14(4-6-15)21-17-11-23-10-16(17)19(26-21)8-13-2-7-18-20(9-13)25-12-24-18/h2-7,9,16-17,19,21H,8,10-12H2,1H3/t16-,17+,19-,21+/m0/s1. The first-order valence-corrected chi connectivity index (χ1v) is 9.07. The fraction of sp³-hybridized carbons (Fsp3) is 0.429. The van der Waals surface area contributed by atoms with Crippen LogP contribution in [0.15, 0.2) is 42.5 Å². The van der Waals surface area contributed by atoms with E-state index in [2.05, 4.69) is 24.3 Å². The average Bonchev–Trinajstić information content (AvgIpc) is 3.39. The van der Waals surface area contributed by atoms with Gasteiger partial charge in [0.2, 0.25) is 6.79 Å². The van der Waals surface area contributed by atoms with Gasteiger partial charge in [-0.3, -0.25) is 0 Å². The van der Waals surface area contributed by atoms with E-state index in [1.165, 1.54) is 11.1 Å². The fourth-order valence-corrected chi connectivity index (χ4v) is 4.29. The molecule has 2 saturated heterocycles. The van der Waals surface area contributed by atoms with Crippen molar-refractivity contribution in [3.05, 3.63) is 53.6 Å². The third kappa shape index (κ3) is 2.72. The van der Waals surface area contributed by atoms with Crippen molar-refractivity contribution in [2.24, 2.45) is 11.8 Å². The number of benzene rings is 2. The van der Waals surface area contributed by atoms with E-state index in [0.29, 0.717) is 18.6 Å². The molecule has 0 unspecified atom stereocenters. The number of rotatable bonds is 4. The molecule has 2 aromatic rings. The minimum absolute atomic E-state index is 0.0763. The smallest absolute Gasteiger partial charge is 0.231 e. The van der Waals surface area contributed by atoms with Crippen LogP contribution < -0.4 is 14.2 Å². The molecule has 5 heteroatoms. The number of fused-ring (bicyclic) bond motifs is 2. The first-order valence-electron chi connectivity index (χ1n) is 9.07. The summed E-state index contributed by atoms with van der Waals surface area (Å²) < 4.78 is 28.5. The van der Waals surface area contributed by atoms with Crippen molar-refractivity contribution in [2.45, 2.75) is 18.6 Å². The zero-order valence-corrected chi connectivity index (χ0v) is 14.7. The molecule has 0 bridgehead atoms. The van der Waals surface area contributed by atoms with Crippen molar-refractivity contribution in [1.82, 2.24) is 0 Å². The average molecular weight is 354 g/mol. The van der Waals surface area contributed by atoms with Crippen LogP contribution in [0.1, 0.15) is 17.2 Å². The molecule has 2 aromatic carbocycles. The van der Waals surface area contributed by atoms with E-state index in [0.717, 1.165) is 36.9 Å². The Balaban J connectivity index is 1.36. The molecule has 5 rings (SSSR count). The van der Waals surface area contributed by atoms with Crippen LogP contribution in [-0.2, 0) is 15.9 Å². The molecule has 2 fully saturated rings. The summed E-state index contributed by atoms with van der Waals surface area (Å²) in [5, 5.41) is 0. The Labute approximate surface area is 152 Å².